The van der Waals surface area contributed by atoms with E-state index in [1.807, 2.05) is 0 Å². The van der Waals surface area contributed by atoms with Gasteiger partial charge in [0, 0.05) is 0 Å². The number of aromatic nitrogens is 4. The molecule has 1 aliphatic rings. The van der Waals surface area contributed by atoms with Gasteiger partial charge in [-0.25, -0.2) is 9.55 Å². The van der Waals surface area contributed by atoms with Crippen molar-refractivity contribution >= 4 is 30.9 Å². The average Bonchev–Trinajstić information content (AvgIpc) is 3.35. The SMILES string of the molecule is NC(Cc1ccc(O)cc1)C(=O)O.Nc1nc2c(ncn2[C@@H]2O[C@H](COP(=O)(O)O)[C@@H](O)[C@H]2O)c(=O)[nH]1. The number of hydrogen-bond acceptors (Lipinski definition) is 12. The van der Waals surface area contributed by atoms with Crippen LogP contribution in [0.15, 0.2) is 35.4 Å². The normalized spacial score (nSPS) is 22.4. The van der Waals surface area contributed by atoms with Gasteiger partial charge in [0.1, 0.15) is 30.1 Å². The molecule has 17 nitrogen and oxygen atoms in total. The van der Waals surface area contributed by atoms with Gasteiger partial charge in [-0.1, -0.05) is 12.1 Å². The summed E-state index contributed by atoms with van der Waals surface area (Å²) in [6.07, 6.45) is -3.94. The van der Waals surface area contributed by atoms with Gasteiger partial charge in [0.2, 0.25) is 5.95 Å². The van der Waals surface area contributed by atoms with E-state index in [0.717, 1.165) is 5.56 Å². The third-order valence-electron chi connectivity index (χ3n) is 5.18. The fourth-order valence-electron chi connectivity index (χ4n) is 3.37. The molecule has 1 unspecified atom stereocenters. The van der Waals surface area contributed by atoms with Gasteiger partial charge in [-0.2, -0.15) is 4.98 Å². The molecule has 0 bridgehead atoms. The van der Waals surface area contributed by atoms with Crippen molar-refractivity contribution in [2.45, 2.75) is 37.0 Å². The second kappa shape index (κ2) is 11.3. The molecular formula is C19H25N6O11P. The number of nitrogens with two attached hydrogens (primary N) is 2. The van der Waals surface area contributed by atoms with Crippen LogP contribution < -0.4 is 17.0 Å². The first-order chi connectivity index (χ1) is 17.3. The summed E-state index contributed by atoms with van der Waals surface area (Å²) in [6.45, 7) is -0.651. The van der Waals surface area contributed by atoms with E-state index >= 15 is 0 Å². The number of aromatic hydroxyl groups is 1. The maximum absolute atomic E-state index is 11.7. The highest BCUT2D eigenvalue weighted by molar-refractivity contribution is 7.46. The Kier molecular flexibility index (Phi) is 8.62. The summed E-state index contributed by atoms with van der Waals surface area (Å²) in [5, 5.41) is 37.5. The van der Waals surface area contributed by atoms with E-state index in [1.54, 1.807) is 12.1 Å². The number of carboxylic acid groups (broad SMARTS) is 1. The van der Waals surface area contributed by atoms with Crippen molar-refractivity contribution in [1.82, 2.24) is 19.5 Å². The van der Waals surface area contributed by atoms with Gasteiger partial charge in [0.25, 0.3) is 5.56 Å². The highest BCUT2D eigenvalue weighted by Crippen LogP contribution is 2.38. The number of carboxylic acids is 1. The minimum absolute atomic E-state index is 0.0176. The van der Waals surface area contributed by atoms with Crippen LogP contribution in [0.1, 0.15) is 11.8 Å². The molecule has 1 fully saturated rings. The molecule has 1 aliphatic heterocycles. The Morgan fingerprint density at radius 2 is 1.89 bits per heavy atom. The van der Waals surface area contributed by atoms with Gasteiger partial charge in [-0.3, -0.25) is 23.7 Å². The summed E-state index contributed by atoms with van der Waals surface area (Å²) in [6, 6.07) is 5.42. The Balaban J connectivity index is 0.000000248. The van der Waals surface area contributed by atoms with Crippen molar-refractivity contribution < 1.29 is 48.8 Å². The first-order valence-electron chi connectivity index (χ1n) is 10.5. The lowest BCUT2D eigenvalue weighted by Crippen LogP contribution is -2.33. The van der Waals surface area contributed by atoms with E-state index in [0.29, 0.717) is 0 Å². The number of carbonyl (C=O) groups is 1. The Morgan fingerprint density at radius 1 is 1.24 bits per heavy atom. The zero-order chi connectivity index (χ0) is 27.5. The monoisotopic (exact) mass is 544 g/mol. The average molecular weight is 544 g/mol. The highest BCUT2D eigenvalue weighted by Gasteiger charge is 2.45. The molecule has 1 aromatic carbocycles. The lowest BCUT2D eigenvalue weighted by molar-refractivity contribution is -0.138. The molecule has 0 amide bonds. The number of fused-ring (bicyclic) bond motifs is 1. The molecule has 0 saturated carbocycles. The first kappa shape index (κ1) is 28.2. The quantitative estimate of drug-likeness (QED) is 0.142. The number of benzene rings is 1. The number of phosphoric acid groups is 1. The smallest absolute Gasteiger partial charge is 0.469 e. The van der Waals surface area contributed by atoms with Crippen molar-refractivity contribution in [2.24, 2.45) is 5.73 Å². The number of aliphatic hydroxyl groups excluding tert-OH is 2. The zero-order valence-corrected chi connectivity index (χ0v) is 19.8. The summed E-state index contributed by atoms with van der Waals surface area (Å²) >= 11 is 0. The molecule has 3 heterocycles. The fraction of sp³-hybridized carbons (Fsp3) is 0.368. The topological polar surface area (TPSA) is 290 Å². The number of phenolic OH excluding ortho intramolecular Hbond substituents is 1. The Morgan fingerprint density at radius 3 is 2.49 bits per heavy atom. The number of H-pyrrole nitrogens is 1. The number of aromatic amines is 1. The fourth-order valence-corrected chi connectivity index (χ4v) is 3.71. The number of ether oxygens (including phenoxy) is 1. The predicted molar refractivity (Wildman–Crippen MR) is 124 cm³/mol. The van der Waals surface area contributed by atoms with Crippen LogP contribution in [0.25, 0.3) is 11.2 Å². The minimum Gasteiger partial charge on any atom is -0.508 e. The third-order valence-corrected chi connectivity index (χ3v) is 5.66. The molecule has 18 heteroatoms. The molecule has 5 atom stereocenters. The number of nitrogens with zero attached hydrogens (tertiary/aromatic N) is 3. The predicted octanol–water partition coefficient (Wildman–Crippen LogP) is -2.22. The van der Waals surface area contributed by atoms with Gasteiger partial charge >= 0.3 is 13.8 Å². The highest BCUT2D eigenvalue weighted by atomic mass is 31.2. The van der Waals surface area contributed by atoms with Crippen molar-refractivity contribution in [3.05, 3.63) is 46.5 Å². The Bertz CT molecular complexity index is 1340. The van der Waals surface area contributed by atoms with Crippen LogP contribution in [0.3, 0.4) is 0 Å². The molecule has 2 aromatic heterocycles. The van der Waals surface area contributed by atoms with E-state index in [2.05, 4.69) is 19.5 Å². The number of anilines is 1. The van der Waals surface area contributed by atoms with Crippen LogP contribution in [-0.2, 0) is 25.0 Å². The van der Waals surface area contributed by atoms with Crippen LogP contribution in [0, 0.1) is 0 Å². The summed E-state index contributed by atoms with van der Waals surface area (Å²) in [5.41, 5.74) is 11.0. The molecule has 4 rings (SSSR count). The van der Waals surface area contributed by atoms with Crippen LogP contribution in [0.2, 0.25) is 0 Å². The molecule has 3 aromatic rings. The van der Waals surface area contributed by atoms with E-state index in [4.69, 9.17) is 36.2 Å². The summed E-state index contributed by atoms with van der Waals surface area (Å²) < 4.78 is 21.6. The van der Waals surface area contributed by atoms with Crippen LogP contribution in [-0.4, -0.2) is 86.7 Å². The van der Waals surface area contributed by atoms with Crippen LogP contribution in [0.5, 0.6) is 5.75 Å². The number of nitrogen functional groups attached to an aromatic ring is 1. The van der Waals surface area contributed by atoms with E-state index < -0.39 is 56.5 Å². The molecule has 0 spiro atoms. The molecule has 11 N–H and O–H groups in total. The molecule has 1 saturated heterocycles. The molecule has 37 heavy (non-hydrogen) atoms. The number of rotatable bonds is 7. The van der Waals surface area contributed by atoms with E-state index in [1.165, 1.54) is 23.0 Å². The lowest BCUT2D eigenvalue weighted by Gasteiger charge is -2.16. The first-order valence-corrected chi connectivity index (χ1v) is 12.0. The molecule has 202 valence electrons. The van der Waals surface area contributed by atoms with Gasteiger partial charge in [0.15, 0.2) is 17.4 Å². The summed E-state index contributed by atoms with van der Waals surface area (Å²) in [5.74, 6) is -1.04. The van der Waals surface area contributed by atoms with Gasteiger partial charge < -0.3 is 46.4 Å². The maximum atomic E-state index is 11.7. The number of aliphatic carboxylic acids is 1. The number of imidazole rings is 1. The largest absolute Gasteiger partial charge is 0.508 e. The van der Waals surface area contributed by atoms with Crippen LogP contribution >= 0.6 is 7.82 Å². The van der Waals surface area contributed by atoms with Crippen LogP contribution in [0.4, 0.5) is 5.95 Å². The van der Waals surface area contributed by atoms with Crippen molar-refractivity contribution in [2.75, 3.05) is 12.3 Å². The second-order valence-electron chi connectivity index (χ2n) is 7.92. The standard InChI is InChI=1S/C10H14N5O8P.C9H11NO3/c11-10-13-7-4(8(18)14-10)12-2-15(7)9-6(17)5(16)3(23-9)1-22-24(19,20)21;10-8(9(12)13)5-6-1-3-7(11)4-2-6/h2-3,5-6,9,16-17H,1H2,(H2,19,20,21)(H3,11,13,14,18);1-4,8,11H,5,10H2,(H,12,13)/t3-,5-,6-,9-;/m1./s1. The Hall–Kier alpha value is -3.41. The summed E-state index contributed by atoms with van der Waals surface area (Å²) in [7, 11) is -4.76. The number of phosphoric ester groups is 1. The van der Waals surface area contributed by atoms with Crippen molar-refractivity contribution in [3.63, 3.8) is 0 Å². The number of hydrogen-bond donors (Lipinski definition) is 9. The second-order valence-corrected chi connectivity index (χ2v) is 9.16. The minimum atomic E-state index is -4.76. The molecule has 0 radical (unpaired) electrons. The third kappa shape index (κ3) is 7.09. The van der Waals surface area contributed by atoms with Crippen molar-refractivity contribution in [1.29, 1.82) is 0 Å². The lowest BCUT2D eigenvalue weighted by atomic mass is 10.1. The summed E-state index contributed by atoms with van der Waals surface area (Å²) in [4.78, 5) is 49.5. The van der Waals surface area contributed by atoms with Gasteiger partial charge in [-0.15, -0.1) is 0 Å². The maximum Gasteiger partial charge on any atom is 0.469 e. The number of nitrogens with one attached hydrogen (secondary N) is 1. The molecular weight excluding hydrogens is 519 g/mol. The van der Waals surface area contributed by atoms with E-state index in [-0.39, 0.29) is 29.3 Å². The number of aliphatic hydroxyl groups is 2. The zero-order valence-electron chi connectivity index (χ0n) is 18.9. The van der Waals surface area contributed by atoms with Crippen molar-refractivity contribution in [3.8, 4) is 5.75 Å². The van der Waals surface area contributed by atoms with Gasteiger partial charge in [0.05, 0.1) is 12.9 Å². The van der Waals surface area contributed by atoms with E-state index in [9.17, 15) is 24.4 Å². The Labute approximate surface area is 207 Å². The molecule has 0 aliphatic carbocycles. The van der Waals surface area contributed by atoms with Gasteiger partial charge in [-0.05, 0) is 24.1 Å². The number of phenols is 1.